The lowest BCUT2D eigenvalue weighted by molar-refractivity contribution is -0.146. The Morgan fingerprint density at radius 1 is 1.43 bits per heavy atom. The summed E-state index contributed by atoms with van der Waals surface area (Å²) < 4.78 is 13.0. The molecule has 0 aromatic heterocycles. The molecule has 1 aliphatic rings. The Morgan fingerprint density at radius 2 is 2.14 bits per heavy atom. The lowest BCUT2D eigenvalue weighted by atomic mass is 10.2. The summed E-state index contributed by atoms with van der Waals surface area (Å²) >= 11 is 5.63. The number of carboxylic acids is 1. The molecule has 5 nitrogen and oxygen atoms in total. The van der Waals surface area contributed by atoms with Crippen molar-refractivity contribution >= 4 is 29.6 Å². The van der Waals surface area contributed by atoms with Crippen molar-refractivity contribution in [3.8, 4) is 0 Å². The van der Waals surface area contributed by atoms with Crippen molar-refractivity contribution < 1.29 is 24.2 Å². The second kappa shape index (κ2) is 6.24. The van der Waals surface area contributed by atoms with E-state index in [1.165, 1.54) is 30.4 Å². The summed E-state index contributed by atoms with van der Waals surface area (Å²) in [4.78, 5) is 24.1. The number of carbonyl (C=O) groups excluding carboxylic acids is 1. The van der Waals surface area contributed by atoms with Gasteiger partial charge in [-0.25, -0.2) is 9.18 Å². The largest absolute Gasteiger partial charge is 0.480 e. The SMILES string of the molecule is O=C(O)[C@@H]1CC(O)CN1C(=O)/C=C/c1ccc(F)c(Cl)c1. The van der Waals surface area contributed by atoms with Crippen molar-refractivity contribution in [1.29, 1.82) is 0 Å². The van der Waals surface area contributed by atoms with Crippen molar-refractivity contribution in [2.75, 3.05) is 6.54 Å². The summed E-state index contributed by atoms with van der Waals surface area (Å²) in [6, 6.07) is 2.94. The number of amides is 1. The van der Waals surface area contributed by atoms with Crippen molar-refractivity contribution in [3.05, 3.63) is 40.7 Å². The van der Waals surface area contributed by atoms with Gasteiger partial charge in [-0.15, -0.1) is 0 Å². The highest BCUT2D eigenvalue weighted by Gasteiger charge is 2.37. The molecule has 0 bridgehead atoms. The number of hydrogen-bond acceptors (Lipinski definition) is 3. The molecule has 1 aromatic rings. The number of β-amino-alcohol motifs (C(OH)–C–C–N with tert-alkyl or cyclic N) is 1. The van der Waals surface area contributed by atoms with Crippen LogP contribution in [-0.4, -0.2) is 45.7 Å². The highest BCUT2D eigenvalue weighted by atomic mass is 35.5. The van der Waals surface area contributed by atoms with E-state index in [2.05, 4.69) is 0 Å². The van der Waals surface area contributed by atoms with Gasteiger partial charge in [-0.3, -0.25) is 4.79 Å². The third kappa shape index (κ3) is 3.59. The third-order valence-electron chi connectivity index (χ3n) is 3.21. The van der Waals surface area contributed by atoms with Crippen LogP contribution < -0.4 is 0 Å². The van der Waals surface area contributed by atoms with Crippen molar-refractivity contribution in [2.45, 2.75) is 18.6 Å². The van der Waals surface area contributed by atoms with E-state index in [1.54, 1.807) is 0 Å². The second-order valence-electron chi connectivity index (χ2n) is 4.74. The molecule has 0 aliphatic carbocycles. The number of rotatable bonds is 3. The van der Waals surface area contributed by atoms with Crippen LogP contribution in [0.4, 0.5) is 4.39 Å². The van der Waals surface area contributed by atoms with E-state index in [-0.39, 0.29) is 18.0 Å². The molecule has 2 N–H and O–H groups in total. The Hall–Kier alpha value is -1.92. The number of likely N-dealkylation sites (tertiary alicyclic amines) is 1. The van der Waals surface area contributed by atoms with Crippen LogP contribution in [0.2, 0.25) is 5.02 Å². The van der Waals surface area contributed by atoms with E-state index < -0.39 is 29.8 Å². The van der Waals surface area contributed by atoms with Gasteiger partial charge in [0.25, 0.3) is 0 Å². The highest BCUT2D eigenvalue weighted by Crippen LogP contribution is 2.20. The quantitative estimate of drug-likeness (QED) is 0.830. The van der Waals surface area contributed by atoms with Crippen LogP contribution in [0.25, 0.3) is 6.08 Å². The first kappa shape index (κ1) is 15.5. The van der Waals surface area contributed by atoms with E-state index >= 15 is 0 Å². The molecule has 1 amide bonds. The molecule has 1 aliphatic heterocycles. The number of aliphatic carboxylic acids is 1. The molecule has 21 heavy (non-hydrogen) atoms. The van der Waals surface area contributed by atoms with Crippen LogP contribution in [0.15, 0.2) is 24.3 Å². The number of halogens is 2. The maximum absolute atomic E-state index is 13.0. The molecular weight excluding hydrogens is 301 g/mol. The normalized spacial score (nSPS) is 22.0. The van der Waals surface area contributed by atoms with Crippen LogP contribution in [0.5, 0.6) is 0 Å². The molecule has 1 saturated heterocycles. The predicted octanol–water partition coefficient (Wildman–Crippen LogP) is 1.54. The van der Waals surface area contributed by atoms with Crippen LogP contribution in [-0.2, 0) is 9.59 Å². The van der Waals surface area contributed by atoms with Gasteiger partial charge < -0.3 is 15.1 Å². The van der Waals surface area contributed by atoms with Crippen molar-refractivity contribution in [3.63, 3.8) is 0 Å². The number of hydrogen-bond donors (Lipinski definition) is 2. The second-order valence-corrected chi connectivity index (χ2v) is 5.15. The predicted molar refractivity (Wildman–Crippen MR) is 74.2 cm³/mol. The van der Waals surface area contributed by atoms with Crippen LogP contribution in [0.3, 0.4) is 0 Å². The van der Waals surface area contributed by atoms with Crippen molar-refractivity contribution in [2.24, 2.45) is 0 Å². The van der Waals surface area contributed by atoms with E-state index in [9.17, 15) is 19.1 Å². The lowest BCUT2D eigenvalue weighted by Gasteiger charge is -2.19. The average Bonchev–Trinajstić information content (AvgIpc) is 2.82. The summed E-state index contributed by atoms with van der Waals surface area (Å²) in [6.07, 6.45) is 1.76. The smallest absolute Gasteiger partial charge is 0.326 e. The minimum atomic E-state index is -1.15. The zero-order chi connectivity index (χ0) is 15.6. The molecule has 2 atom stereocenters. The average molecular weight is 314 g/mol. The first-order valence-corrected chi connectivity index (χ1v) is 6.61. The first-order valence-electron chi connectivity index (χ1n) is 6.23. The van der Waals surface area contributed by atoms with Crippen LogP contribution in [0.1, 0.15) is 12.0 Å². The van der Waals surface area contributed by atoms with Gasteiger partial charge in [0.1, 0.15) is 11.9 Å². The Labute approximate surface area is 125 Å². The van der Waals surface area contributed by atoms with Crippen LogP contribution >= 0.6 is 11.6 Å². The zero-order valence-electron chi connectivity index (χ0n) is 10.9. The topological polar surface area (TPSA) is 77.8 Å². The molecule has 0 saturated carbocycles. The van der Waals surface area contributed by atoms with Gasteiger partial charge in [-0.05, 0) is 23.8 Å². The summed E-state index contributed by atoms with van der Waals surface area (Å²) in [5.74, 6) is -2.24. The number of aliphatic hydroxyl groups is 1. The molecule has 7 heteroatoms. The summed E-state index contributed by atoms with van der Waals surface area (Å²) in [5, 5.41) is 18.4. The fraction of sp³-hybridized carbons (Fsp3) is 0.286. The zero-order valence-corrected chi connectivity index (χ0v) is 11.6. The van der Waals surface area contributed by atoms with E-state index in [0.29, 0.717) is 5.56 Å². The molecule has 112 valence electrons. The van der Waals surface area contributed by atoms with Gasteiger partial charge in [0, 0.05) is 19.0 Å². The summed E-state index contributed by atoms with van der Waals surface area (Å²) in [7, 11) is 0. The molecular formula is C14H13ClFNO4. The molecule has 1 aromatic carbocycles. The van der Waals surface area contributed by atoms with Gasteiger partial charge in [0.15, 0.2) is 0 Å². The Balaban J connectivity index is 2.11. The minimum absolute atomic E-state index is 0.0112. The fourth-order valence-electron chi connectivity index (χ4n) is 2.17. The highest BCUT2D eigenvalue weighted by molar-refractivity contribution is 6.30. The van der Waals surface area contributed by atoms with E-state index in [4.69, 9.17) is 16.7 Å². The molecule has 0 radical (unpaired) electrons. The molecule has 2 rings (SSSR count). The van der Waals surface area contributed by atoms with Gasteiger partial charge in [0.05, 0.1) is 11.1 Å². The van der Waals surface area contributed by atoms with E-state index in [0.717, 1.165) is 4.90 Å². The number of carboxylic acid groups (broad SMARTS) is 1. The van der Waals surface area contributed by atoms with Gasteiger partial charge in [0.2, 0.25) is 5.91 Å². The van der Waals surface area contributed by atoms with Crippen LogP contribution in [0, 0.1) is 5.82 Å². The number of nitrogens with zero attached hydrogens (tertiary/aromatic N) is 1. The maximum atomic E-state index is 13.0. The molecule has 1 heterocycles. The lowest BCUT2D eigenvalue weighted by Crippen LogP contribution is -2.39. The van der Waals surface area contributed by atoms with E-state index in [1.807, 2.05) is 0 Å². The maximum Gasteiger partial charge on any atom is 0.326 e. The minimum Gasteiger partial charge on any atom is -0.480 e. The third-order valence-corrected chi connectivity index (χ3v) is 3.50. The van der Waals surface area contributed by atoms with Gasteiger partial charge in [-0.1, -0.05) is 17.7 Å². The number of benzene rings is 1. The Morgan fingerprint density at radius 3 is 2.76 bits per heavy atom. The Bertz CT molecular complexity index is 605. The molecule has 1 unspecified atom stereocenters. The molecule has 0 spiro atoms. The fourth-order valence-corrected chi connectivity index (χ4v) is 2.36. The monoisotopic (exact) mass is 313 g/mol. The summed E-state index contributed by atoms with van der Waals surface area (Å²) in [5.41, 5.74) is 0.515. The van der Waals surface area contributed by atoms with Gasteiger partial charge in [-0.2, -0.15) is 0 Å². The number of carbonyl (C=O) groups is 2. The molecule has 1 fully saturated rings. The Kier molecular flexibility index (Phi) is 4.59. The summed E-state index contributed by atoms with van der Waals surface area (Å²) in [6.45, 7) is -0.0235. The number of aliphatic hydroxyl groups excluding tert-OH is 1. The standard InChI is InChI=1S/C14H13ClFNO4/c15-10-5-8(1-3-11(10)16)2-4-13(19)17-7-9(18)6-12(17)14(20)21/h1-5,9,12,18H,6-7H2,(H,20,21)/b4-2+/t9?,12-/m0/s1. The first-order chi connectivity index (χ1) is 9.88. The van der Waals surface area contributed by atoms with Crippen molar-refractivity contribution in [1.82, 2.24) is 4.90 Å². The van der Waals surface area contributed by atoms with Gasteiger partial charge >= 0.3 is 5.97 Å².